The zero-order valence-electron chi connectivity index (χ0n) is 12.9. The maximum Gasteiger partial charge on any atom is 0.251 e. The summed E-state index contributed by atoms with van der Waals surface area (Å²) in [7, 11) is 0. The van der Waals surface area contributed by atoms with Gasteiger partial charge in [-0.15, -0.1) is 6.58 Å². The molecule has 0 saturated carbocycles. The second-order valence-electron chi connectivity index (χ2n) is 6.26. The van der Waals surface area contributed by atoms with Crippen LogP contribution in [0.1, 0.15) is 38.9 Å². The molecule has 4 heteroatoms. The third-order valence-corrected chi connectivity index (χ3v) is 4.56. The van der Waals surface area contributed by atoms with Crippen molar-refractivity contribution in [1.29, 1.82) is 0 Å². The zero-order valence-corrected chi connectivity index (χ0v) is 12.9. The predicted octanol–water partition coefficient (Wildman–Crippen LogP) is 4.01. The fourth-order valence-electron chi connectivity index (χ4n) is 3.34. The summed E-state index contributed by atoms with van der Waals surface area (Å²) >= 11 is 0. The summed E-state index contributed by atoms with van der Waals surface area (Å²) in [4.78, 5) is 11.5. The van der Waals surface area contributed by atoms with E-state index in [1.54, 1.807) is 13.0 Å². The Labute approximate surface area is 126 Å². The van der Waals surface area contributed by atoms with E-state index in [0.717, 1.165) is 5.56 Å². The Morgan fingerprint density at radius 2 is 2.05 bits per heavy atom. The van der Waals surface area contributed by atoms with Gasteiger partial charge < -0.3 is 4.74 Å². The lowest BCUT2D eigenvalue weighted by molar-refractivity contribution is -0.597. The van der Waals surface area contributed by atoms with Crippen molar-refractivity contribution in [3.8, 4) is 0 Å². The average Bonchev–Trinajstić information content (AvgIpc) is 2.47. The molecule has 114 valence electrons. The highest BCUT2D eigenvalue weighted by atomic mass is 16.6. The lowest BCUT2D eigenvalue weighted by Crippen LogP contribution is -2.58. The normalized spacial score (nSPS) is 32.9. The van der Waals surface area contributed by atoms with Crippen molar-refractivity contribution < 1.29 is 9.66 Å². The Bertz CT molecular complexity index is 514. The smallest absolute Gasteiger partial charge is 0.251 e. The van der Waals surface area contributed by atoms with Gasteiger partial charge in [0.1, 0.15) is 6.10 Å². The molecule has 0 aliphatic carbocycles. The number of benzene rings is 1. The molecule has 21 heavy (non-hydrogen) atoms. The molecule has 1 aliphatic rings. The van der Waals surface area contributed by atoms with Gasteiger partial charge in [0.2, 0.25) is 0 Å². The standard InChI is InChI=1S/C17H23NO3/c1-5-14-11-15(13-9-7-6-8-10-13)21-16(12(2)3)17(14,4)18(19)20/h5-10,12,14-16H,1,11H2,2-4H3/t14-,15+,16-,17-/m0/s1. The van der Waals surface area contributed by atoms with Crippen molar-refractivity contribution in [2.75, 3.05) is 0 Å². The van der Waals surface area contributed by atoms with Gasteiger partial charge in [0.25, 0.3) is 5.54 Å². The van der Waals surface area contributed by atoms with E-state index in [1.165, 1.54) is 0 Å². The van der Waals surface area contributed by atoms with Crippen LogP contribution in [-0.2, 0) is 4.74 Å². The molecular formula is C17H23NO3. The van der Waals surface area contributed by atoms with E-state index >= 15 is 0 Å². The molecule has 1 saturated heterocycles. The lowest BCUT2D eigenvalue weighted by atomic mass is 9.71. The van der Waals surface area contributed by atoms with Gasteiger partial charge in [0.05, 0.1) is 12.0 Å². The van der Waals surface area contributed by atoms with Gasteiger partial charge in [-0.05, 0) is 17.9 Å². The molecule has 2 rings (SSSR count). The van der Waals surface area contributed by atoms with Crippen LogP contribution >= 0.6 is 0 Å². The van der Waals surface area contributed by atoms with Crippen LogP contribution in [0.15, 0.2) is 43.0 Å². The number of hydrogen-bond donors (Lipinski definition) is 0. The van der Waals surface area contributed by atoms with Gasteiger partial charge in [-0.3, -0.25) is 10.1 Å². The number of rotatable bonds is 4. The number of nitrogens with zero attached hydrogens (tertiary/aromatic N) is 1. The number of nitro groups is 1. The Morgan fingerprint density at radius 1 is 1.43 bits per heavy atom. The van der Waals surface area contributed by atoms with Crippen LogP contribution in [0.3, 0.4) is 0 Å². The van der Waals surface area contributed by atoms with Crippen molar-refractivity contribution in [2.24, 2.45) is 11.8 Å². The molecular weight excluding hydrogens is 266 g/mol. The van der Waals surface area contributed by atoms with Crippen LogP contribution in [0.4, 0.5) is 0 Å². The summed E-state index contributed by atoms with van der Waals surface area (Å²) in [6.45, 7) is 9.45. The van der Waals surface area contributed by atoms with Gasteiger partial charge in [0, 0.05) is 11.8 Å². The predicted molar refractivity (Wildman–Crippen MR) is 82.6 cm³/mol. The Balaban J connectivity index is 2.39. The highest BCUT2D eigenvalue weighted by molar-refractivity contribution is 5.20. The topological polar surface area (TPSA) is 52.4 Å². The molecule has 0 spiro atoms. The third kappa shape index (κ3) is 2.72. The van der Waals surface area contributed by atoms with Gasteiger partial charge in [0.15, 0.2) is 0 Å². The van der Waals surface area contributed by atoms with Crippen molar-refractivity contribution in [3.63, 3.8) is 0 Å². The van der Waals surface area contributed by atoms with E-state index in [2.05, 4.69) is 6.58 Å². The van der Waals surface area contributed by atoms with E-state index in [-0.39, 0.29) is 22.9 Å². The molecule has 1 aromatic carbocycles. The van der Waals surface area contributed by atoms with Crippen molar-refractivity contribution in [2.45, 2.75) is 44.9 Å². The molecule has 1 aliphatic heterocycles. The minimum Gasteiger partial charge on any atom is -0.363 e. The molecule has 0 unspecified atom stereocenters. The third-order valence-electron chi connectivity index (χ3n) is 4.56. The SMILES string of the molecule is C=C[C@H]1C[C@H](c2ccccc2)O[C@@H](C(C)C)[C@@]1(C)[N+](=O)[O-]. The molecule has 0 radical (unpaired) electrons. The first-order valence-corrected chi connectivity index (χ1v) is 7.38. The van der Waals surface area contributed by atoms with Gasteiger partial charge in [-0.2, -0.15) is 0 Å². The summed E-state index contributed by atoms with van der Waals surface area (Å²) < 4.78 is 6.15. The molecule has 4 nitrogen and oxygen atoms in total. The Kier molecular flexibility index (Phi) is 4.47. The first-order valence-electron chi connectivity index (χ1n) is 7.38. The second kappa shape index (κ2) is 5.98. The molecule has 0 aromatic heterocycles. The minimum absolute atomic E-state index is 0.0642. The largest absolute Gasteiger partial charge is 0.363 e. The fraction of sp³-hybridized carbons (Fsp3) is 0.529. The zero-order chi connectivity index (χ0) is 15.6. The summed E-state index contributed by atoms with van der Waals surface area (Å²) in [6.07, 6.45) is 1.76. The van der Waals surface area contributed by atoms with Crippen molar-refractivity contribution in [1.82, 2.24) is 0 Å². The molecule has 1 heterocycles. The molecule has 4 atom stereocenters. The summed E-state index contributed by atoms with van der Waals surface area (Å²) in [5, 5.41) is 11.7. The summed E-state index contributed by atoms with van der Waals surface area (Å²) in [6, 6.07) is 9.91. The lowest BCUT2D eigenvalue weighted by Gasteiger charge is -2.44. The van der Waals surface area contributed by atoms with Crippen LogP contribution in [0.2, 0.25) is 0 Å². The average molecular weight is 289 g/mol. The van der Waals surface area contributed by atoms with Crippen LogP contribution < -0.4 is 0 Å². The van der Waals surface area contributed by atoms with Gasteiger partial charge in [-0.25, -0.2) is 0 Å². The van der Waals surface area contributed by atoms with Gasteiger partial charge >= 0.3 is 0 Å². The van der Waals surface area contributed by atoms with Crippen LogP contribution in [0.25, 0.3) is 0 Å². The minimum atomic E-state index is -1.12. The first-order chi connectivity index (χ1) is 9.91. The highest BCUT2D eigenvalue weighted by Gasteiger charge is 2.57. The Morgan fingerprint density at radius 3 is 2.52 bits per heavy atom. The number of ether oxygens (including phenoxy) is 1. The summed E-state index contributed by atoms with van der Waals surface area (Å²) in [5.74, 6) is -0.145. The maximum absolute atomic E-state index is 11.7. The maximum atomic E-state index is 11.7. The van der Waals surface area contributed by atoms with E-state index in [9.17, 15) is 10.1 Å². The fourth-order valence-corrected chi connectivity index (χ4v) is 3.34. The molecule has 1 fully saturated rings. The van der Waals surface area contributed by atoms with E-state index in [0.29, 0.717) is 6.42 Å². The molecule has 0 bridgehead atoms. The van der Waals surface area contributed by atoms with Crippen LogP contribution in [0.5, 0.6) is 0 Å². The quantitative estimate of drug-likeness (QED) is 0.478. The van der Waals surface area contributed by atoms with Crippen molar-refractivity contribution in [3.05, 3.63) is 58.7 Å². The first kappa shape index (κ1) is 15.7. The van der Waals surface area contributed by atoms with E-state index in [1.807, 2.05) is 44.2 Å². The summed E-state index contributed by atoms with van der Waals surface area (Å²) in [5.41, 5.74) is -0.0540. The van der Waals surface area contributed by atoms with Crippen molar-refractivity contribution >= 4 is 0 Å². The second-order valence-corrected chi connectivity index (χ2v) is 6.26. The van der Waals surface area contributed by atoms with Crippen LogP contribution in [-0.4, -0.2) is 16.6 Å². The Hall–Kier alpha value is -1.68. The van der Waals surface area contributed by atoms with E-state index in [4.69, 9.17) is 4.74 Å². The van der Waals surface area contributed by atoms with Crippen LogP contribution in [0, 0.1) is 22.0 Å². The molecule has 0 amide bonds. The van der Waals surface area contributed by atoms with E-state index < -0.39 is 11.6 Å². The van der Waals surface area contributed by atoms with Gasteiger partial charge in [-0.1, -0.05) is 50.3 Å². The highest BCUT2D eigenvalue weighted by Crippen LogP contribution is 2.45. The monoisotopic (exact) mass is 289 g/mol. The number of hydrogen-bond acceptors (Lipinski definition) is 3. The molecule has 0 N–H and O–H groups in total. The molecule has 1 aromatic rings.